The molecule has 8 heteroatoms. The molecule has 2 amide bonds. The largest absolute Gasteiger partial charge is 0.481 e. The second-order valence-electron chi connectivity index (χ2n) is 9.53. The Morgan fingerprint density at radius 3 is 2.34 bits per heavy atom. The number of carboxylic acid groups (broad SMARTS) is 1. The van der Waals surface area contributed by atoms with Gasteiger partial charge in [0.05, 0.1) is 25.7 Å². The van der Waals surface area contributed by atoms with Gasteiger partial charge in [0.25, 0.3) is 0 Å². The molecule has 2 aromatic carbocycles. The van der Waals surface area contributed by atoms with E-state index in [1.54, 1.807) is 4.90 Å². The lowest BCUT2D eigenvalue weighted by molar-refractivity contribution is -0.146. The first-order valence-corrected chi connectivity index (χ1v) is 12.2. The van der Waals surface area contributed by atoms with Crippen molar-refractivity contribution in [3.05, 3.63) is 59.7 Å². The quantitative estimate of drug-likeness (QED) is 0.603. The van der Waals surface area contributed by atoms with Crippen molar-refractivity contribution < 1.29 is 29.0 Å². The third-order valence-electron chi connectivity index (χ3n) is 7.19. The molecule has 2 atom stereocenters. The van der Waals surface area contributed by atoms with Crippen molar-refractivity contribution in [1.82, 2.24) is 10.2 Å². The number of nitrogens with zero attached hydrogens (tertiary/aromatic N) is 1. The van der Waals surface area contributed by atoms with Gasteiger partial charge in [0, 0.05) is 24.9 Å². The van der Waals surface area contributed by atoms with Crippen LogP contribution in [0, 0.1) is 5.92 Å². The van der Waals surface area contributed by atoms with Gasteiger partial charge >= 0.3 is 12.1 Å². The Balaban J connectivity index is 1.20. The summed E-state index contributed by atoms with van der Waals surface area (Å²) in [5.41, 5.74) is 4.62. The minimum Gasteiger partial charge on any atom is -0.481 e. The number of carbonyl (C=O) groups excluding carboxylic acids is 2. The molecule has 5 rings (SSSR count). The van der Waals surface area contributed by atoms with E-state index in [1.807, 2.05) is 24.3 Å². The Hall–Kier alpha value is -3.39. The Bertz CT molecular complexity index is 1070. The van der Waals surface area contributed by atoms with Gasteiger partial charge in [0.1, 0.15) is 6.61 Å². The van der Waals surface area contributed by atoms with E-state index in [-0.39, 0.29) is 49.8 Å². The zero-order chi connectivity index (χ0) is 24.4. The summed E-state index contributed by atoms with van der Waals surface area (Å²) >= 11 is 0. The minimum absolute atomic E-state index is 0.0284. The van der Waals surface area contributed by atoms with E-state index in [1.165, 1.54) is 11.1 Å². The molecule has 184 valence electrons. The molecule has 1 heterocycles. The number of hydrogen-bond acceptors (Lipinski definition) is 5. The molecule has 0 radical (unpaired) electrons. The average molecular weight is 479 g/mol. The summed E-state index contributed by atoms with van der Waals surface area (Å²) in [7, 11) is 0. The summed E-state index contributed by atoms with van der Waals surface area (Å²) in [6, 6.07) is 15.5. The molecule has 2 aliphatic carbocycles. The summed E-state index contributed by atoms with van der Waals surface area (Å²) in [6.07, 6.45) is 1.34. The van der Waals surface area contributed by atoms with Crippen LogP contribution in [0.4, 0.5) is 4.79 Å². The van der Waals surface area contributed by atoms with Crippen molar-refractivity contribution >= 4 is 18.0 Å². The topological polar surface area (TPSA) is 105 Å². The number of nitrogens with one attached hydrogen (secondary N) is 1. The summed E-state index contributed by atoms with van der Waals surface area (Å²) in [4.78, 5) is 38.6. The molecule has 0 aromatic heterocycles. The summed E-state index contributed by atoms with van der Waals surface area (Å²) in [5.74, 6) is -0.915. The van der Waals surface area contributed by atoms with Crippen molar-refractivity contribution in [2.75, 3.05) is 26.4 Å². The maximum Gasteiger partial charge on any atom is 0.407 e. The predicted octanol–water partition coefficient (Wildman–Crippen LogP) is 3.40. The van der Waals surface area contributed by atoms with Gasteiger partial charge in [-0.15, -0.1) is 0 Å². The van der Waals surface area contributed by atoms with Gasteiger partial charge in [-0.25, -0.2) is 4.79 Å². The van der Waals surface area contributed by atoms with Crippen molar-refractivity contribution in [3.8, 4) is 11.1 Å². The monoisotopic (exact) mass is 478 g/mol. The molecule has 3 aliphatic rings. The van der Waals surface area contributed by atoms with Crippen LogP contribution in [-0.4, -0.2) is 66.4 Å². The Labute approximate surface area is 204 Å². The lowest BCUT2D eigenvalue weighted by Crippen LogP contribution is -2.51. The van der Waals surface area contributed by atoms with E-state index in [0.717, 1.165) is 24.0 Å². The molecular weight excluding hydrogens is 448 g/mol. The standard InChI is InChI=1S/C27H30N2O6/c30-25(29-11-12-34-15-18(29)13-26(31)32)14-24(17-9-10-17)28-27(33)35-16-23-21-7-3-1-5-19(21)20-6-2-4-8-22(20)23/h1-8,17-18,23-24H,9-16H2,(H,28,33)(H,31,32). The highest BCUT2D eigenvalue weighted by Crippen LogP contribution is 2.44. The number of rotatable bonds is 8. The van der Waals surface area contributed by atoms with Crippen molar-refractivity contribution in [3.63, 3.8) is 0 Å². The summed E-state index contributed by atoms with van der Waals surface area (Å²) < 4.78 is 11.1. The number of hydrogen-bond donors (Lipinski definition) is 2. The normalized spacial score (nSPS) is 20.0. The van der Waals surface area contributed by atoms with Gasteiger partial charge < -0.3 is 24.8 Å². The second-order valence-corrected chi connectivity index (χ2v) is 9.53. The SMILES string of the molecule is O=C(O)CC1COCCN1C(=O)CC(NC(=O)OCC1c2ccccc2-c2ccccc21)C1CC1. The van der Waals surface area contributed by atoms with Gasteiger partial charge in [-0.05, 0) is 41.0 Å². The number of carbonyl (C=O) groups is 3. The first-order chi connectivity index (χ1) is 17.0. The van der Waals surface area contributed by atoms with Crippen molar-refractivity contribution in [2.24, 2.45) is 5.92 Å². The van der Waals surface area contributed by atoms with E-state index in [0.29, 0.717) is 13.2 Å². The molecule has 2 fully saturated rings. The zero-order valence-electron chi connectivity index (χ0n) is 19.5. The van der Waals surface area contributed by atoms with Crippen LogP contribution in [0.1, 0.15) is 42.7 Å². The van der Waals surface area contributed by atoms with Gasteiger partial charge in [0.2, 0.25) is 5.91 Å². The second kappa shape index (κ2) is 10.1. The Kier molecular flexibility index (Phi) is 6.72. The van der Waals surface area contributed by atoms with Crippen LogP contribution in [0.5, 0.6) is 0 Å². The summed E-state index contributed by atoms with van der Waals surface area (Å²) in [6.45, 7) is 1.18. The highest BCUT2D eigenvalue weighted by molar-refractivity contribution is 5.80. The number of benzene rings is 2. The zero-order valence-corrected chi connectivity index (χ0v) is 19.5. The van der Waals surface area contributed by atoms with Crippen molar-refractivity contribution in [1.29, 1.82) is 0 Å². The molecule has 35 heavy (non-hydrogen) atoms. The van der Waals surface area contributed by atoms with Crippen LogP contribution < -0.4 is 5.32 Å². The number of morpholine rings is 1. The van der Waals surface area contributed by atoms with Crippen LogP contribution in [0.25, 0.3) is 11.1 Å². The molecule has 0 spiro atoms. The molecule has 1 aliphatic heterocycles. The average Bonchev–Trinajstić information content (AvgIpc) is 3.65. The molecule has 1 saturated carbocycles. The lowest BCUT2D eigenvalue weighted by Gasteiger charge is -2.35. The molecule has 2 unspecified atom stereocenters. The molecular formula is C27H30N2O6. The van der Waals surface area contributed by atoms with E-state index in [2.05, 4.69) is 29.6 Å². The van der Waals surface area contributed by atoms with E-state index >= 15 is 0 Å². The van der Waals surface area contributed by atoms with Crippen molar-refractivity contribution in [2.45, 2.75) is 43.7 Å². The van der Waals surface area contributed by atoms with Crippen LogP contribution in [-0.2, 0) is 19.1 Å². The maximum atomic E-state index is 13.0. The molecule has 0 bridgehead atoms. The number of ether oxygens (including phenoxy) is 2. The molecule has 8 nitrogen and oxygen atoms in total. The fourth-order valence-corrected chi connectivity index (χ4v) is 5.28. The predicted molar refractivity (Wildman–Crippen MR) is 128 cm³/mol. The Morgan fingerprint density at radius 1 is 1.06 bits per heavy atom. The number of carboxylic acids is 1. The first-order valence-electron chi connectivity index (χ1n) is 12.2. The number of alkyl carbamates (subject to hydrolysis) is 1. The fraction of sp³-hybridized carbons (Fsp3) is 0.444. The van der Waals surface area contributed by atoms with Crippen LogP contribution >= 0.6 is 0 Å². The van der Waals surface area contributed by atoms with Crippen LogP contribution in [0.3, 0.4) is 0 Å². The lowest BCUT2D eigenvalue weighted by atomic mass is 9.98. The fourth-order valence-electron chi connectivity index (χ4n) is 5.28. The maximum absolute atomic E-state index is 13.0. The molecule has 2 N–H and O–H groups in total. The third-order valence-corrected chi connectivity index (χ3v) is 7.19. The van der Waals surface area contributed by atoms with E-state index < -0.39 is 18.1 Å². The number of aliphatic carboxylic acids is 1. The third kappa shape index (κ3) is 5.17. The highest BCUT2D eigenvalue weighted by atomic mass is 16.5. The number of amides is 2. The minimum atomic E-state index is -0.964. The number of fused-ring (bicyclic) bond motifs is 3. The van der Waals surface area contributed by atoms with Gasteiger partial charge in [-0.1, -0.05) is 48.5 Å². The summed E-state index contributed by atoms with van der Waals surface area (Å²) in [5, 5.41) is 12.1. The smallest absolute Gasteiger partial charge is 0.407 e. The van der Waals surface area contributed by atoms with Gasteiger partial charge in [-0.2, -0.15) is 0 Å². The van der Waals surface area contributed by atoms with E-state index in [4.69, 9.17) is 14.6 Å². The van der Waals surface area contributed by atoms with Crippen LogP contribution in [0.15, 0.2) is 48.5 Å². The van der Waals surface area contributed by atoms with E-state index in [9.17, 15) is 14.4 Å². The first kappa shape index (κ1) is 23.4. The Morgan fingerprint density at radius 2 is 1.71 bits per heavy atom. The van der Waals surface area contributed by atoms with Crippen LogP contribution in [0.2, 0.25) is 0 Å². The van der Waals surface area contributed by atoms with Gasteiger partial charge in [-0.3, -0.25) is 9.59 Å². The molecule has 2 aromatic rings. The molecule has 1 saturated heterocycles. The highest BCUT2D eigenvalue weighted by Gasteiger charge is 2.37. The van der Waals surface area contributed by atoms with Gasteiger partial charge in [0.15, 0.2) is 0 Å².